The predicted molar refractivity (Wildman–Crippen MR) is 104 cm³/mol. The normalized spacial score (nSPS) is 10.5. The van der Waals surface area contributed by atoms with Crippen LogP contribution in [-0.4, -0.2) is 23.0 Å². The number of hydrogen-bond donors (Lipinski definition) is 1. The van der Waals surface area contributed by atoms with Crippen LogP contribution in [0.4, 0.5) is 5.95 Å². The van der Waals surface area contributed by atoms with Crippen molar-refractivity contribution in [2.45, 2.75) is 6.61 Å². The minimum atomic E-state index is -0.467. The summed E-state index contributed by atoms with van der Waals surface area (Å²) in [5, 5.41) is 2.61. The number of carbonyl (C=O) groups is 1. The number of amides is 1. The second kappa shape index (κ2) is 8.30. The third kappa shape index (κ3) is 4.27. The second-order valence-electron chi connectivity index (χ2n) is 5.90. The van der Waals surface area contributed by atoms with Gasteiger partial charge in [0.05, 0.1) is 13.4 Å². The maximum absolute atomic E-state index is 12.4. The highest BCUT2D eigenvalue weighted by Gasteiger charge is 2.14. The zero-order valence-electron chi connectivity index (χ0n) is 15.5. The Kier molecular flexibility index (Phi) is 5.24. The van der Waals surface area contributed by atoms with Gasteiger partial charge in [0, 0.05) is 6.20 Å². The van der Waals surface area contributed by atoms with E-state index < -0.39 is 5.91 Å². The number of furan rings is 2. The molecule has 146 valence electrons. The monoisotopic (exact) mass is 391 g/mol. The van der Waals surface area contributed by atoms with E-state index in [2.05, 4.69) is 15.3 Å². The Hall–Kier alpha value is -4.07. The highest BCUT2D eigenvalue weighted by atomic mass is 16.5. The lowest BCUT2D eigenvalue weighted by Gasteiger charge is -2.08. The van der Waals surface area contributed by atoms with Crippen LogP contribution < -0.4 is 14.8 Å². The van der Waals surface area contributed by atoms with Crippen molar-refractivity contribution in [3.63, 3.8) is 0 Å². The zero-order valence-corrected chi connectivity index (χ0v) is 15.5. The summed E-state index contributed by atoms with van der Waals surface area (Å²) < 4.78 is 21.8. The number of hydrogen-bond acceptors (Lipinski definition) is 7. The number of para-hydroxylation sites is 2. The van der Waals surface area contributed by atoms with Gasteiger partial charge in [-0.25, -0.2) is 9.97 Å². The van der Waals surface area contributed by atoms with Gasteiger partial charge in [0.15, 0.2) is 23.0 Å². The largest absolute Gasteiger partial charge is 0.493 e. The second-order valence-corrected chi connectivity index (χ2v) is 5.90. The molecule has 0 spiro atoms. The first kappa shape index (κ1) is 18.3. The third-order valence-electron chi connectivity index (χ3n) is 3.98. The Bertz CT molecular complexity index is 1100. The molecular formula is C21H17N3O5. The Morgan fingerprint density at radius 1 is 1.07 bits per heavy atom. The highest BCUT2D eigenvalue weighted by Crippen LogP contribution is 2.27. The molecule has 0 aliphatic carbocycles. The lowest BCUT2D eigenvalue weighted by Crippen LogP contribution is -2.13. The van der Waals surface area contributed by atoms with E-state index in [9.17, 15) is 4.79 Å². The minimum Gasteiger partial charge on any atom is -0.493 e. The molecule has 3 aromatic heterocycles. The molecule has 0 unspecified atom stereocenters. The van der Waals surface area contributed by atoms with Crippen molar-refractivity contribution in [2.24, 2.45) is 0 Å². The summed E-state index contributed by atoms with van der Waals surface area (Å²) in [4.78, 5) is 20.7. The van der Waals surface area contributed by atoms with Gasteiger partial charge >= 0.3 is 0 Å². The lowest BCUT2D eigenvalue weighted by molar-refractivity contribution is 0.0991. The first-order chi connectivity index (χ1) is 14.2. The molecule has 0 radical (unpaired) electrons. The van der Waals surface area contributed by atoms with Gasteiger partial charge in [-0.2, -0.15) is 0 Å². The molecule has 0 saturated heterocycles. The van der Waals surface area contributed by atoms with E-state index in [1.165, 1.54) is 6.20 Å². The zero-order chi connectivity index (χ0) is 20.1. The Labute approximate surface area is 166 Å². The number of methoxy groups -OCH3 is 1. The van der Waals surface area contributed by atoms with Gasteiger partial charge in [-0.1, -0.05) is 12.1 Å². The summed E-state index contributed by atoms with van der Waals surface area (Å²) in [6.45, 7) is 0.151. The molecule has 1 amide bonds. The maximum atomic E-state index is 12.4. The van der Waals surface area contributed by atoms with E-state index >= 15 is 0 Å². The Morgan fingerprint density at radius 2 is 1.93 bits per heavy atom. The summed E-state index contributed by atoms with van der Waals surface area (Å²) in [5.74, 6) is 2.07. The number of ether oxygens (including phenoxy) is 2. The fraction of sp³-hybridized carbons (Fsp3) is 0.0952. The fourth-order valence-electron chi connectivity index (χ4n) is 2.61. The van der Waals surface area contributed by atoms with Gasteiger partial charge in [0.25, 0.3) is 5.91 Å². The van der Waals surface area contributed by atoms with Gasteiger partial charge < -0.3 is 18.3 Å². The topological polar surface area (TPSA) is 99.6 Å². The quantitative estimate of drug-likeness (QED) is 0.505. The molecule has 29 heavy (non-hydrogen) atoms. The lowest BCUT2D eigenvalue weighted by atomic mass is 10.3. The van der Waals surface area contributed by atoms with Crippen LogP contribution in [0.3, 0.4) is 0 Å². The summed E-state index contributed by atoms with van der Waals surface area (Å²) in [5.41, 5.74) is 0.561. The number of anilines is 1. The Balaban J connectivity index is 1.40. The molecule has 4 rings (SSSR count). The van der Waals surface area contributed by atoms with Gasteiger partial charge in [0.2, 0.25) is 5.95 Å². The van der Waals surface area contributed by atoms with Crippen LogP contribution in [0.5, 0.6) is 11.5 Å². The molecule has 0 aliphatic heterocycles. The van der Waals surface area contributed by atoms with Crippen molar-refractivity contribution in [3.8, 4) is 23.0 Å². The van der Waals surface area contributed by atoms with E-state index in [1.54, 1.807) is 55.8 Å². The third-order valence-corrected chi connectivity index (χ3v) is 3.98. The molecular weight excluding hydrogens is 374 g/mol. The molecule has 0 fully saturated rings. The maximum Gasteiger partial charge on any atom is 0.293 e. The predicted octanol–water partition coefficient (Wildman–Crippen LogP) is 4.17. The number of rotatable bonds is 7. The average Bonchev–Trinajstić information content (AvgIpc) is 3.45. The molecule has 0 aliphatic rings. The van der Waals surface area contributed by atoms with E-state index in [4.69, 9.17) is 18.3 Å². The molecule has 0 bridgehead atoms. The Morgan fingerprint density at radius 3 is 2.72 bits per heavy atom. The summed E-state index contributed by atoms with van der Waals surface area (Å²) in [7, 11) is 1.57. The molecule has 3 heterocycles. The van der Waals surface area contributed by atoms with E-state index in [0.717, 1.165) is 0 Å². The van der Waals surface area contributed by atoms with Crippen LogP contribution in [-0.2, 0) is 6.61 Å². The van der Waals surface area contributed by atoms with Crippen molar-refractivity contribution < 1.29 is 23.1 Å². The van der Waals surface area contributed by atoms with Gasteiger partial charge in [-0.3, -0.25) is 10.1 Å². The number of benzene rings is 1. The van der Waals surface area contributed by atoms with Crippen LogP contribution in [0.2, 0.25) is 0 Å². The summed E-state index contributed by atoms with van der Waals surface area (Å²) in [6.07, 6.45) is 3.09. The highest BCUT2D eigenvalue weighted by molar-refractivity contribution is 6.01. The molecule has 0 atom stereocenters. The van der Waals surface area contributed by atoms with Crippen molar-refractivity contribution >= 4 is 11.9 Å². The molecule has 1 aromatic carbocycles. The van der Waals surface area contributed by atoms with Gasteiger partial charge in [0.1, 0.15) is 18.1 Å². The van der Waals surface area contributed by atoms with Crippen molar-refractivity contribution in [2.75, 3.05) is 12.4 Å². The molecule has 8 nitrogen and oxygen atoms in total. The average molecular weight is 391 g/mol. The molecule has 1 N–H and O–H groups in total. The number of carbonyl (C=O) groups excluding carboxylic acids is 1. The van der Waals surface area contributed by atoms with Crippen LogP contribution in [0, 0.1) is 0 Å². The SMILES string of the molecule is COc1ccccc1OCc1ccc(C(=O)Nc2nccc(-c3ccco3)n2)o1. The van der Waals surface area contributed by atoms with Gasteiger partial charge in [-0.05, 0) is 42.5 Å². The van der Waals surface area contributed by atoms with E-state index in [-0.39, 0.29) is 18.3 Å². The minimum absolute atomic E-state index is 0.121. The van der Waals surface area contributed by atoms with Gasteiger partial charge in [-0.15, -0.1) is 0 Å². The van der Waals surface area contributed by atoms with E-state index in [1.807, 2.05) is 12.1 Å². The van der Waals surface area contributed by atoms with Crippen molar-refractivity contribution in [1.82, 2.24) is 9.97 Å². The summed E-state index contributed by atoms with van der Waals surface area (Å²) in [6, 6.07) is 15.7. The first-order valence-corrected chi connectivity index (χ1v) is 8.76. The first-order valence-electron chi connectivity index (χ1n) is 8.76. The summed E-state index contributed by atoms with van der Waals surface area (Å²) >= 11 is 0. The molecule has 0 saturated carbocycles. The standard InChI is InChI=1S/C21H17N3O5/c1-26-17-5-2-3-6-18(17)28-13-14-8-9-19(29-14)20(25)24-21-22-11-10-15(23-21)16-7-4-12-27-16/h2-12H,13H2,1H3,(H,22,23,24,25). The van der Waals surface area contributed by atoms with Crippen LogP contribution >= 0.6 is 0 Å². The smallest absolute Gasteiger partial charge is 0.293 e. The van der Waals surface area contributed by atoms with Crippen molar-refractivity contribution in [1.29, 1.82) is 0 Å². The van der Waals surface area contributed by atoms with Crippen molar-refractivity contribution in [3.05, 3.63) is 78.6 Å². The van der Waals surface area contributed by atoms with Crippen LogP contribution in [0.15, 0.2) is 75.9 Å². The fourth-order valence-corrected chi connectivity index (χ4v) is 2.61. The number of aromatic nitrogens is 2. The molecule has 8 heteroatoms. The number of nitrogens with zero attached hydrogens (tertiary/aromatic N) is 2. The number of nitrogens with one attached hydrogen (secondary N) is 1. The van der Waals surface area contributed by atoms with Crippen LogP contribution in [0.1, 0.15) is 16.3 Å². The van der Waals surface area contributed by atoms with Crippen LogP contribution in [0.25, 0.3) is 11.5 Å². The molecule has 4 aromatic rings. The van der Waals surface area contributed by atoms with E-state index in [0.29, 0.717) is 28.7 Å².